The molecule has 1 aliphatic heterocycles. The lowest BCUT2D eigenvalue weighted by Gasteiger charge is -2.42. The van der Waals surface area contributed by atoms with Gasteiger partial charge in [0.2, 0.25) is 0 Å². The van der Waals surface area contributed by atoms with Crippen LogP contribution in [0.1, 0.15) is 0 Å². The van der Waals surface area contributed by atoms with E-state index in [1.807, 2.05) is 0 Å². The van der Waals surface area contributed by atoms with Gasteiger partial charge in [0.25, 0.3) is 0 Å². The van der Waals surface area contributed by atoms with Gasteiger partial charge in [-0.05, 0) is 0 Å². The van der Waals surface area contributed by atoms with Crippen LogP contribution >= 0.6 is 21.6 Å². The number of hydrogen-bond donors (Lipinski definition) is 2. The Morgan fingerprint density at radius 1 is 0.875 bits per heavy atom. The van der Waals surface area contributed by atoms with Gasteiger partial charge in [0, 0.05) is 28.6 Å². The summed E-state index contributed by atoms with van der Waals surface area (Å²) in [6.45, 7) is 0. The summed E-state index contributed by atoms with van der Waals surface area (Å²) >= 11 is 0. The molecule has 2 unspecified atom stereocenters. The number of alkyl halides is 6. The van der Waals surface area contributed by atoms with Crippen LogP contribution in [0.2, 0.25) is 0 Å². The molecule has 1 saturated heterocycles. The van der Waals surface area contributed by atoms with Crippen molar-refractivity contribution in [1.29, 1.82) is 0 Å². The van der Waals surface area contributed by atoms with E-state index >= 15 is 0 Å². The first-order valence-electron chi connectivity index (χ1n) is 3.22. The summed E-state index contributed by atoms with van der Waals surface area (Å²) in [6, 6.07) is 0. The highest BCUT2D eigenvalue weighted by Gasteiger charge is 2.68. The maximum Gasteiger partial charge on any atom is 0.514 e. The van der Waals surface area contributed by atoms with Crippen LogP contribution in [0.25, 0.3) is 0 Å². The Hall–Kier alpha value is 0.0800. The van der Waals surface area contributed by atoms with Crippen molar-refractivity contribution >= 4 is 21.6 Å². The number of halogens is 6. The third kappa shape index (κ3) is 1.75. The zero-order valence-corrected chi connectivity index (χ0v) is 8.88. The van der Waals surface area contributed by atoms with Crippen LogP contribution in [0.5, 0.6) is 0 Å². The minimum absolute atomic E-state index is 0.207. The average molecular weight is 297 g/mol. The molecule has 0 aromatic carbocycles. The van der Waals surface area contributed by atoms with Gasteiger partial charge in [-0.1, -0.05) is 12.4 Å². The number of hydrogen-bond acceptors (Lipinski definition) is 5. The van der Waals surface area contributed by atoms with Crippen molar-refractivity contribution in [1.82, 2.24) is 3.71 Å². The van der Waals surface area contributed by atoms with E-state index in [0.29, 0.717) is 0 Å². The molecule has 1 rings (SSSR count). The lowest BCUT2D eigenvalue weighted by atomic mass is 11.5. The molecule has 0 aromatic heterocycles. The second-order valence-corrected chi connectivity index (χ2v) is 6.97. The first-order chi connectivity index (χ1) is 6.86. The largest absolute Gasteiger partial charge is 0.514 e. The van der Waals surface area contributed by atoms with Crippen molar-refractivity contribution in [2.24, 2.45) is 0 Å². The average Bonchev–Trinajstić information content (AvgIpc) is 2.30. The topological polar surface area (TPSA) is 62.2 Å². The van der Waals surface area contributed by atoms with Crippen molar-refractivity contribution < 1.29 is 44.1 Å². The predicted molar refractivity (Wildman–Crippen MR) is 42.5 cm³/mol. The first kappa shape index (κ1) is 14.1. The molecule has 2 atom stereocenters. The van der Waals surface area contributed by atoms with Crippen molar-refractivity contribution in [3.63, 3.8) is 0 Å². The second kappa shape index (κ2) is 3.54. The maximum atomic E-state index is 12.2. The molecule has 0 bridgehead atoms. The normalized spacial score (nSPS) is 46.1. The molecule has 100 valence electrons. The quantitative estimate of drug-likeness (QED) is 0.531. The highest BCUT2D eigenvalue weighted by molar-refractivity contribution is 8.39. The van der Waals surface area contributed by atoms with E-state index in [-0.39, 0.29) is 7.05 Å². The van der Waals surface area contributed by atoms with Crippen molar-refractivity contribution in [2.75, 3.05) is 7.05 Å². The summed E-state index contributed by atoms with van der Waals surface area (Å²) in [7, 11) is -10.4. The van der Waals surface area contributed by atoms with Crippen molar-refractivity contribution in [3.05, 3.63) is 0 Å². The number of nitrogens with zero attached hydrogens (tertiary/aromatic N) is 1. The SMILES string of the molecule is CN1S(O)(C(F)(F)F)OOS1(O)C(F)(F)F. The smallest absolute Gasteiger partial charge is 0.275 e. The Morgan fingerprint density at radius 2 is 1.12 bits per heavy atom. The van der Waals surface area contributed by atoms with Gasteiger partial charge < -0.3 is 0 Å². The molecule has 1 heterocycles. The van der Waals surface area contributed by atoms with E-state index in [4.69, 9.17) is 9.11 Å². The molecule has 0 radical (unpaired) electrons. The van der Waals surface area contributed by atoms with Crippen LogP contribution in [-0.4, -0.2) is 30.9 Å². The minimum atomic E-state index is -5.51. The fourth-order valence-electron chi connectivity index (χ4n) is 0.669. The molecular formula is C3H5F6NO4S2. The van der Waals surface area contributed by atoms with Gasteiger partial charge in [0.05, 0.1) is 0 Å². The Kier molecular flexibility index (Phi) is 3.12. The third-order valence-corrected chi connectivity index (χ3v) is 5.93. The van der Waals surface area contributed by atoms with Crippen LogP contribution in [-0.2, 0) is 8.67 Å². The molecule has 2 N–H and O–H groups in total. The monoisotopic (exact) mass is 297 g/mol. The molecular weight excluding hydrogens is 292 g/mol. The van der Waals surface area contributed by atoms with E-state index in [1.165, 1.54) is 0 Å². The minimum Gasteiger partial charge on any atom is -0.275 e. The molecule has 0 aromatic rings. The van der Waals surface area contributed by atoms with Gasteiger partial charge in [0.1, 0.15) is 0 Å². The Labute approximate surface area is 88.2 Å². The fraction of sp³-hybridized carbons (Fsp3) is 1.00. The van der Waals surface area contributed by atoms with Crippen LogP contribution < -0.4 is 0 Å². The van der Waals surface area contributed by atoms with Crippen LogP contribution in [0.4, 0.5) is 26.3 Å². The molecule has 1 aliphatic rings. The summed E-state index contributed by atoms with van der Waals surface area (Å²) in [4.78, 5) is 0. The zero-order valence-electron chi connectivity index (χ0n) is 7.24. The van der Waals surface area contributed by atoms with E-state index in [0.717, 1.165) is 0 Å². The van der Waals surface area contributed by atoms with Gasteiger partial charge >= 0.3 is 11.0 Å². The lowest BCUT2D eigenvalue weighted by Crippen LogP contribution is -2.35. The van der Waals surface area contributed by atoms with E-state index in [9.17, 15) is 26.3 Å². The standard InChI is InChI=1S/C3H5F6NO4S2/c1-10-15(11,2(4,5)6)13-14-16(10,12)3(7,8)9/h11-12H,1H3. The summed E-state index contributed by atoms with van der Waals surface area (Å²) < 4.78 is 96.8. The van der Waals surface area contributed by atoms with Gasteiger partial charge in [-0.25, -0.2) is 0 Å². The molecule has 0 amide bonds. The molecule has 0 saturated carbocycles. The zero-order chi connectivity index (χ0) is 13.0. The van der Waals surface area contributed by atoms with Gasteiger partial charge in [-0.15, -0.1) is 0 Å². The van der Waals surface area contributed by atoms with E-state index in [1.54, 1.807) is 0 Å². The first-order valence-corrected chi connectivity index (χ1v) is 6.16. The maximum absolute atomic E-state index is 12.2. The van der Waals surface area contributed by atoms with Crippen LogP contribution in [0.15, 0.2) is 0 Å². The Bertz CT molecular complexity index is 268. The number of rotatable bonds is 0. The van der Waals surface area contributed by atoms with Gasteiger partial charge in [-0.3, -0.25) is 9.11 Å². The Balaban J connectivity index is 3.12. The van der Waals surface area contributed by atoms with E-state index in [2.05, 4.69) is 8.67 Å². The summed E-state index contributed by atoms with van der Waals surface area (Å²) in [5.41, 5.74) is -11.0. The van der Waals surface area contributed by atoms with Crippen molar-refractivity contribution in [2.45, 2.75) is 11.0 Å². The van der Waals surface area contributed by atoms with Crippen LogP contribution in [0, 0.1) is 0 Å². The highest BCUT2D eigenvalue weighted by atomic mass is 32.4. The Morgan fingerprint density at radius 3 is 1.25 bits per heavy atom. The molecule has 0 aliphatic carbocycles. The molecule has 16 heavy (non-hydrogen) atoms. The van der Waals surface area contributed by atoms with Crippen molar-refractivity contribution in [3.8, 4) is 0 Å². The fourth-order valence-corrected chi connectivity index (χ4v) is 3.95. The highest BCUT2D eigenvalue weighted by Crippen LogP contribution is 2.81. The van der Waals surface area contributed by atoms with Gasteiger partial charge in [0.15, 0.2) is 0 Å². The third-order valence-electron chi connectivity index (χ3n) is 1.52. The molecule has 0 spiro atoms. The van der Waals surface area contributed by atoms with Gasteiger partial charge in [-0.2, -0.15) is 26.3 Å². The summed E-state index contributed by atoms with van der Waals surface area (Å²) in [6.07, 6.45) is 0. The van der Waals surface area contributed by atoms with E-state index < -0.39 is 36.3 Å². The molecule has 5 nitrogen and oxygen atoms in total. The van der Waals surface area contributed by atoms with Crippen LogP contribution in [0.3, 0.4) is 0 Å². The molecule has 13 heteroatoms. The lowest BCUT2D eigenvalue weighted by molar-refractivity contribution is -0.136. The summed E-state index contributed by atoms with van der Waals surface area (Å²) in [5.74, 6) is 0. The molecule has 1 fully saturated rings. The second-order valence-electron chi connectivity index (χ2n) is 2.46. The predicted octanol–water partition coefficient (Wildman–Crippen LogP) is 3.13. The summed E-state index contributed by atoms with van der Waals surface area (Å²) in [5, 5.41) is 0.